The van der Waals surface area contributed by atoms with E-state index in [2.05, 4.69) is 21.2 Å². The van der Waals surface area contributed by atoms with Crippen LogP contribution in [0.3, 0.4) is 0 Å². The Bertz CT molecular complexity index is 771. The lowest BCUT2D eigenvalue weighted by Crippen LogP contribution is -2.44. The summed E-state index contributed by atoms with van der Waals surface area (Å²) in [5, 5.41) is 4.29. The molecule has 23 heavy (non-hydrogen) atoms. The zero-order valence-electron chi connectivity index (χ0n) is 12.2. The predicted octanol–water partition coefficient (Wildman–Crippen LogP) is 3.76. The highest BCUT2D eigenvalue weighted by molar-refractivity contribution is 7.80. The summed E-state index contributed by atoms with van der Waals surface area (Å²) in [6.45, 7) is 0. The third-order valence-corrected chi connectivity index (χ3v) is 3.86. The van der Waals surface area contributed by atoms with E-state index < -0.39 is 0 Å². The first-order chi connectivity index (χ1) is 11.2. The fourth-order valence-electron chi connectivity index (χ4n) is 2.24. The summed E-state index contributed by atoms with van der Waals surface area (Å²) in [5.41, 5.74) is 9.03. The smallest absolute Gasteiger partial charge is 0.189 e. The molecule has 0 saturated heterocycles. The van der Waals surface area contributed by atoms with Gasteiger partial charge in [-0.2, -0.15) is 0 Å². The van der Waals surface area contributed by atoms with Gasteiger partial charge in [0.2, 0.25) is 0 Å². The van der Waals surface area contributed by atoms with Gasteiger partial charge in [-0.15, -0.1) is 0 Å². The molecule has 3 N–H and O–H groups in total. The number of thiocarbonyl (C=S) groups is 1. The molecule has 1 heterocycles. The first kappa shape index (κ1) is 15.5. The first-order valence-corrected chi connectivity index (χ1v) is 7.89. The van der Waals surface area contributed by atoms with Crippen LogP contribution in [0, 0.1) is 0 Å². The average molecular weight is 343 g/mol. The maximum atomic E-state index is 6.21. The van der Waals surface area contributed by atoms with Gasteiger partial charge in [-0.05, 0) is 47.6 Å². The number of nitrogens with zero attached hydrogens (tertiary/aromatic N) is 1. The van der Waals surface area contributed by atoms with Crippen LogP contribution in [0.25, 0.3) is 6.08 Å². The van der Waals surface area contributed by atoms with E-state index in [1.54, 1.807) is 6.20 Å². The zero-order valence-corrected chi connectivity index (χ0v) is 13.8. The van der Waals surface area contributed by atoms with Gasteiger partial charge < -0.3 is 5.32 Å². The van der Waals surface area contributed by atoms with Gasteiger partial charge in [0.1, 0.15) is 5.84 Å². The number of halogens is 1. The highest BCUT2D eigenvalue weighted by Crippen LogP contribution is 2.23. The number of para-hydroxylation sites is 1. The maximum absolute atomic E-state index is 6.21. The van der Waals surface area contributed by atoms with Crippen molar-refractivity contribution in [1.82, 2.24) is 10.9 Å². The van der Waals surface area contributed by atoms with Gasteiger partial charge in [0.15, 0.2) is 5.11 Å². The Kier molecular flexibility index (Phi) is 4.90. The van der Waals surface area contributed by atoms with Crippen molar-refractivity contribution >= 4 is 46.5 Å². The molecule has 0 aromatic heterocycles. The molecular weight excluding hydrogens is 328 g/mol. The van der Waals surface area contributed by atoms with Crippen molar-refractivity contribution in [1.29, 1.82) is 0 Å². The Balaban J connectivity index is 1.60. The fraction of sp³-hybridized carbons (Fsp3) is 0.0588. The molecule has 0 bridgehead atoms. The number of hydrazine groups is 1. The van der Waals surface area contributed by atoms with Crippen molar-refractivity contribution in [2.45, 2.75) is 6.42 Å². The summed E-state index contributed by atoms with van der Waals surface area (Å²) in [6, 6.07) is 15.6. The lowest BCUT2D eigenvalue weighted by Gasteiger charge is -2.14. The molecule has 2 aromatic carbocycles. The molecule has 6 heteroatoms. The molecule has 2 aromatic rings. The summed E-state index contributed by atoms with van der Waals surface area (Å²) < 4.78 is 0. The summed E-state index contributed by atoms with van der Waals surface area (Å²) in [7, 11) is 0. The van der Waals surface area contributed by atoms with Gasteiger partial charge >= 0.3 is 0 Å². The van der Waals surface area contributed by atoms with E-state index in [0.29, 0.717) is 11.5 Å². The van der Waals surface area contributed by atoms with E-state index in [1.807, 2.05) is 54.6 Å². The molecule has 0 unspecified atom stereocenters. The Morgan fingerprint density at radius 2 is 1.91 bits per heavy atom. The third kappa shape index (κ3) is 4.09. The largest absolute Gasteiger partial charge is 0.331 e. The van der Waals surface area contributed by atoms with E-state index >= 15 is 0 Å². The van der Waals surface area contributed by atoms with Crippen molar-refractivity contribution < 1.29 is 0 Å². The average Bonchev–Trinajstić information content (AvgIpc) is 2.77. The normalized spacial score (nSPS) is 12.7. The highest BCUT2D eigenvalue weighted by atomic mass is 35.5. The van der Waals surface area contributed by atoms with Gasteiger partial charge in [0.25, 0.3) is 0 Å². The molecule has 4 nitrogen and oxygen atoms in total. The number of nitrogens with one attached hydrogen (secondary N) is 3. The minimum atomic E-state index is 0.471. The van der Waals surface area contributed by atoms with Crippen LogP contribution in [-0.4, -0.2) is 10.9 Å². The molecule has 0 spiro atoms. The van der Waals surface area contributed by atoms with Gasteiger partial charge in [-0.1, -0.05) is 41.9 Å². The number of aliphatic imine (C=N–C) groups is 1. The SMILES string of the molecule is S=C(NNC1=NC=Cc2c(Cl)cccc2C1)Nc1ccccc1. The van der Waals surface area contributed by atoms with Gasteiger partial charge in [-0.25, -0.2) is 4.99 Å². The van der Waals surface area contributed by atoms with E-state index in [4.69, 9.17) is 23.8 Å². The van der Waals surface area contributed by atoms with Gasteiger partial charge in [0, 0.05) is 23.3 Å². The Hall–Kier alpha value is -2.37. The zero-order chi connectivity index (χ0) is 16.1. The molecule has 116 valence electrons. The molecule has 1 aliphatic heterocycles. The minimum Gasteiger partial charge on any atom is -0.331 e. The quantitative estimate of drug-likeness (QED) is 0.545. The number of fused-ring (bicyclic) bond motifs is 1. The summed E-state index contributed by atoms with van der Waals surface area (Å²) in [5.74, 6) is 0.763. The molecule has 0 aliphatic carbocycles. The summed E-state index contributed by atoms with van der Waals surface area (Å²) >= 11 is 11.5. The predicted molar refractivity (Wildman–Crippen MR) is 101 cm³/mol. The van der Waals surface area contributed by atoms with Crippen LogP contribution in [0.15, 0.2) is 59.7 Å². The molecule has 3 rings (SSSR count). The van der Waals surface area contributed by atoms with Crippen molar-refractivity contribution in [3.8, 4) is 0 Å². The highest BCUT2D eigenvalue weighted by Gasteiger charge is 2.10. The second-order valence-electron chi connectivity index (χ2n) is 4.95. The molecule has 1 aliphatic rings. The van der Waals surface area contributed by atoms with Crippen LogP contribution in [0.4, 0.5) is 5.69 Å². The first-order valence-electron chi connectivity index (χ1n) is 7.11. The number of anilines is 1. The lowest BCUT2D eigenvalue weighted by atomic mass is 10.0. The molecular formula is C17H15ClN4S. The molecule has 0 fully saturated rings. The van der Waals surface area contributed by atoms with Crippen molar-refractivity contribution in [3.63, 3.8) is 0 Å². The molecule has 0 atom stereocenters. The fourth-order valence-corrected chi connectivity index (χ4v) is 2.67. The van der Waals surface area contributed by atoms with Crippen molar-refractivity contribution in [2.75, 3.05) is 5.32 Å². The van der Waals surface area contributed by atoms with Crippen LogP contribution < -0.4 is 16.2 Å². The van der Waals surface area contributed by atoms with Gasteiger partial charge in [0.05, 0.1) is 0 Å². The second kappa shape index (κ2) is 7.26. The van der Waals surface area contributed by atoms with E-state index in [9.17, 15) is 0 Å². The Morgan fingerprint density at radius 1 is 1.09 bits per heavy atom. The van der Waals surface area contributed by atoms with Crippen LogP contribution in [0.1, 0.15) is 11.1 Å². The second-order valence-corrected chi connectivity index (χ2v) is 5.77. The Morgan fingerprint density at radius 3 is 2.74 bits per heavy atom. The number of hydrogen-bond acceptors (Lipinski definition) is 3. The van der Waals surface area contributed by atoms with E-state index in [1.165, 1.54) is 0 Å². The maximum Gasteiger partial charge on any atom is 0.189 e. The third-order valence-electron chi connectivity index (χ3n) is 3.32. The van der Waals surface area contributed by atoms with Crippen molar-refractivity contribution in [3.05, 3.63) is 70.9 Å². The van der Waals surface area contributed by atoms with Gasteiger partial charge in [-0.3, -0.25) is 10.9 Å². The van der Waals surface area contributed by atoms with Crippen LogP contribution >= 0.6 is 23.8 Å². The molecule has 0 amide bonds. The summed E-state index contributed by atoms with van der Waals surface area (Å²) in [6.07, 6.45) is 4.28. The topological polar surface area (TPSA) is 48.5 Å². The molecule has 0 saturated carbocycles. The van der Waals surface area contributed by atoms with Crippen LogP contribution in [0.5, 0.6) is 0 Å². The van der Waals surface area contributed by atoms with Crippen molar-refractivity contribution in [2.24, 2.45) is 4.99 Å². The number of benzene rings is 2. The summed E-state index contributed by atoms with van der Waals surface area (Å²) in [4.78, 5) is 4.37. The monoisotopic (exact) mass is 342 g/mol. The standard InChI is InChI=1S/C17H15ClN4S/c18-15-8-4-5-12-11-16(19-10-9-14(12)15)21-22-17(23)20-13-6-2-1-3-7-13/h1-10H,11H2,(H,19,21)(H2,20,22,23). The number of hydrogen-bond donors (Lipinski definition) is 3. The van der Waals surface area contributed by atoms with Crippen LogP contribution in [-0.2, 0) is 6.42 Å². The van der Waals surface area contributed by atoms with E-state index in [0.717, 1.165) is 27.7 Å². The lowest BCUT2D eigenvalue weighted by molar-refractivity contribution is 0.856. The van der Waals surface area contributed by atoms with Crippen LogP contribution in [0.2, 0.25) is 5.02 Å². The number of amidine groups is 1. The molecule has 0 radical (unpaired) electrons. The number of rotatable bonds is 1. The Labute approximate surface area is 145 Å². The minimum absolute atomic E-state index is 0.471. The van der Waals surface area contributed by atoms with E-state index in [-0.39, 0.29) is 0 Å².